The van der Waals surface area contributed by atoms with E-state index in [4.69, 9.17) is 14.2 Å². The number of fused-ring (bicyclic) bond motifs is 1. The van der Waals surface area contributed by atoms with Gasteiger partial charge in [-0.05, 0) is 75.0 Å². The van der Waals surface area contributed by atoms with Crippen LogP contribution in [0.2, 0.25) is 0 Å². The van der Waals surface area contributed by atoms with E-state index < -0.39 is 120 Å². The van der Waals surface area contributed by atoms with E-state index in [0.29, 0.717) is 30.6 Å². The summed E-state index contributed by atoms with van der Waals surface area (Å²) < 4.78 is 17.2. The second-order valence-corrected chi connectivity index (χ2v) is 22.0. The first-order valence-electron chi connectivity index (χ1n) is 28.4. The summed E-state index contributed by atoms with van der Waals surface area (Å²) in [4.78, 5) is 117. The smallest absolute Gasteiger partial charge is 0.329 e. The Bertz CT molecular complexity index is 1980. The number of Topliss-reactive ketones (excluding diaryl/α,β-unsaturated/α-hetero) is 1. The Morgan fingerprint density at radius 2 is 1.39 bits per heavy atom. The summed E-state index contributed by atoms with van der Waals surface area (Å²) in [5, 5.41) is 20.1. The first-order chi connectivity index (χ1) is 35.6. The van der Waals surface area contributed by atoms with E-state index in [9.17, 15) is 43.5 Å². The molecule has 0 saturated carbocycles. The number of unbranched alkanes of at least 4 members (excludes halogenated alkanes) is 12. The van der Waals surface area contributed by atoms with Gasteiger partial charge in [0.05, 0.1) is 31.6 Å². The SMILES string of the molecule is CCCCCCCCCCCCCCCC(=O)N[C@@H]1C(=O)N[C@H]([C@@H](C)CC)[C@H](O)CC(=O)O[C@H](C(C)C)C(=O)[C@H](C)C(=O)N[C@H](CC(C)C)C(=O)N2CCC[C@H]2C(=O)N(C)[C@@H](Cc2ccc(OC)cc2)C(=O)O[C@H]1C. The summed E-state index contributed by atoms with van der Waals surface area (Å²) in [6, 6.07) is 0.958. The van der Waals surface area contributed by atoms with Crippen molar-refractivity contribution in [2.75, 3.05) is 20.7 Å². The summed E-state index contributed by atoms with van der Waals surface area (Å²) in [6.45, 7) is 15.9. The summed E-state index contributed by atoms with van der Waals surface area (Å²) in [5.74, 6) is -7.50. The molecule has 0 aliphatic carbocycles. The Kier molecular flexibility index (Phi) is 28.4. The minimum atomic E-state index is -1.53. The first-order valence-corrected chi connectivity index (χ1v) is 28.4. The zero-order chi connectivity index (χ0) is 55.8. The van der Waals surface area contributed by atoms with E-state index in [2.05, 4.69) is 22.9 Å². The van der Waals surface area contributed by atoms with Crippen LogP contribution in [0.5, 0.6) is 5.75 Å². The van der Waals surface area contributed by atoms with Gasteiger partial charge in [-0.25, -0.2) is 4.79 Å². The minimum absolute atomic E-state index is 0.0333. The van der Waals surface area contributed by atoms with Crippen molar-refractivity contribution in [3.8, 4) is 5.75 Å². The van der Waals surface area contributed by atoms with Crippen molar-refractivity contribution in [1.82, 2.24) is 25.8 Å². The van der Waals surface area contributed by atoms with Crippen LogP contribution in [0.4, 0.5) is 0 Å². The van der Waals surface area contributed by atoms with E-state index in [1.807, 2.05) is 20.8 Å². The predicted molar refractivity (Wildman–Crippen MR) is 288 cm³/mol. The Morgan fingerprint density at radius 1 is 0.800 bits per heavy atom. The maximum atomic E-state index is 14.8. The Hall–Kier alpha value is -5.06. The number of nitrogens with zero attached hydrogens (tertiary/aromatic N) is 2. The van der Waals surface area contributed by atoms with E-state index in [-0.39, 0.29) is 38.1 Å². The number of hydrogen-bond donors (Lipinski definition) is 4. The van der Waals surface area contributed by atoms with Crippen molar-refractivity contribution in [1.29, 1.82) is 0 Å². The number of benzene rings is 1. The lowest BCUT2D eigenvalue weighted by atomic mass is 9.91. The van der Waals surface area contributed by atoms with Gasteiger partial charge in [-0.1, -0.05) is 144 Å². The predicted octanol–water partition coefficient (Wildman–Crippen LogP) is 7.55. The Labute approximate surface area is 448 Å². The van der Waals surface area contributed by atoms with Crippen LogP contribution in [0.25, 0.3) is 0 Å². The molecule has 2 fully saturated rings. The maximum absolute atomic E-state index is 14.8. The highest BCUT2D eigenvalue weighted by atomic mass is 16.6. The van der Waals surface area contributed by atoms with Crippen molar-refractivity contribution in [2.45, 2.75) is 239 Å². The number of ketones is 1. The Balaban J connectivity index is 2.03. The molecule has 0 bridgehead atoms. The molecule has 10 atom stereocenters. The third-order valence-corrected chi connectivity index (χ3v) is 15.0. The summed E-state index contributed by atoms with van der Waals surface area (Å²) >= 11 is 0. The van der Waals surface area contributed by atoms with Crippen LogP contribution in [-0.2, 0) is 54.3 Å². The van der Waals surface area contributed by atoms with Gasteiger partial charge in [0.1, 0.15) is 36.0 Å². The van der Waals surface area contributed by atoms with Crippen LogP contribution in [0.1, 0.15) is 190 Å². The molecule has 2 aliphatic rings. The van der Waals surface area contributed by atoms with Crippen molar-refractivity contribution in [3.63, 3.8) is 0 Å². The lowest BCUT2D eigenvalue weighted by molar-refractivity contribution is -0.163. The fraction of sp³-hybridized carbons (Fsp3) is 0.759. The highest BCUT2D eigenvalue weighted by Crippen LogP contribution is 2.26. The molecule has 17 heteroatoms. The zero-order valence-corrected chi connectivity index (χ0v) is 47.4. The van der Waals surface area contributed by atoms with Crippen LogP contribution in [0.15, 0.2) is 24.3 Å². The van der Waals surface area contributed by atoms with Crippen molar-refractivity contribution in [3.05, 3.63) is 29.8 Å². The van der Waals surface area contributed by atoms with Crippen LogP contribution in [-0.4, -0.2) is 131 Å². The fourth-order valence-electron chi connectivity index (χ4n) is 10.0. The number of esters is 2. The summed E-state index contributed by atoms with van der Waals surface area (Å²) in [5.41, 5.74) is 0.647. The van der Waals surface area contributed by atoms with Gasteiger partial charge in [-0.15, -0.1) is 0 Å². The van der Waals surface area contributed by atoms with Gasteiger partial charge in [0.2, 0.25) is 29.5 Å². The van der Waals surface area contributed by atoms with E-state index >= 15 is 0 Å². The molecule has 0 unspecified atom stereocenters. The van der Waals surface area contributed by atoms with Crippen molar-refractivity contribution < 1.29 is 57.7 Å². The lowest BCUT2D eigenvalue weighted by Gasteiger charge is -2.35. The normalized spacial score (nSPS) is 25.6. The third kappa shape index (κ3) is 20.8. The van der Waals surface area contributed by atoms with Gasteiger partial charge in [-0.3, -0.25) is 33.6 Å². The van der Waals surface area contributed by atoms with Gasteiger partial charge in [-0.2, -0.15) is 0 Å². The van der Waals surface area contributed by atoms with Gasteiger partial charge in [0.25, 0.3) is 0 Å². The first kappa shape index (κ1) is 64.2. The third-order valence-electron chi connectivity index (χ3n) is 15.0. The fourth-order valence-corrected chi connectivity index (χ4v) is 10.0. The molecule has 2 saturated heterocycles. The van der Waals surface area contributed by atoms with Gasteiger partial charge in [0, 0.05) is 26.4 Å². The number of hydrogen-bond acceptors (Lipinski definition) is 12. The number of aliphatic hydroxyl groups is 1. The molecule has 0 aromatic heterocycles. The molecular formula is C58H95N5O12. The second-order valence-electron chi connectivity index (χ2n) is 22.0. The molecule has 2 heterocycles. The van der Waals surface area contributed by atoms with Gasteiger partial charge < -0.3 is 45.1 Å². The summed E-state index contributed by atoms with van der Waals surface area (Å²) in [6.07, 6.45) is 11.2. The Morgan fingerprint density at radius 3 is 1.93 bits per heavy atom. The molecule has 3 rings (SSSR count). The number of ether oxygens (including phenoxy) is 3. The quantitative estimate of drug-likeness (QED) is 0.0473. The number of likely N-dealkylation sites (N-methyl/N-ethyl adjacent to an activating group) is 1. The topological polar surface area (TPSA) is 227 Å². The average Bonchev–Trinajstić information content (AvgIpc) is 3.87. The highest BCUT2D eigenvalue weighted by molar-refractivity contribution is 6.05. The monoisotopic (exact) mass is 1050 g/mol. The molecule has 17 nitrogen and oxygen atoms in total. The molecule has 0 radical (unpaired) electrons. The van der Waals surface area contributed by atoms with Gasteiger partial charge >= 0.3 is 11.9 Å². The van der Waals surface area contributed by atoms with E-state index in [1.54, 1.807) is 45.0 Å². The molecule has 4 N–H and O–H groups in total. The number of carbonyl (C=O) groups excluding carboxylic acids is 8. The largest absolute Gasteiger partial charge is 0.497 e. The van der Waals surface area contributed by atoms with Gasteiger partial charge in [0.15, 0.2) is 11.9 Å². The van der Waals surface area contributed by atoms with Crippen molar-refractivity contribution in [2.24, 2.45) is 23.7 Å². The molecule has 5 amide bonds. The molecule has 2 aliphatic heterocycles. The molecule has 75 heavy (non-hydrogen) atoms. The number of aliphatic hydroxyl groups excluding tert-OH is 1. The number of methoxy groups -OCH3 is 1. The maximum Gasteiger partial charge on any atom is 0.329 e. The lowest BCUT2D eigenvalue weighted by Crippen LogP contribution is -2.59. The number of cyclic esters (lactones) is 2. The summed E-state index contributed by atoms with van der Waals surface area (Å²) in [7, 11) is 2.98. The second kappa shape index (κ2) is 33.2. The highest BCUT2D eigenvalue weighted by Gasteiger charge is 2.44. The zero-order valence-electron chi connectivity index (χ0n) is 47.4. The number of nitrogens with one attached hydrogen (secondary N) is 3. The van der Waals surface area contributed by atoms with Crippen molar-refractivity contribution >= 4 is 47.3 Å². The van der Waals surface area contributed by atoms with Crippen LogP contribution in [0.3, 0.4) is 0 Å². The van der Waals surface area contributed by atoms with E-state index in [1.165, 1.54) is 89.2 Å². The standard InChI is InChI=1S/C58H95N5O12/c1-12-14-15-16-17-18-19-20-21-22-23-24-25-28-48(65)60-51-41(9)74-58(72)46(35-42-29-31-43(73-11)32-30-42)62(10)57(71)45-27-26-33-63(45)56(70)44(34-37(3)4)59-54(68)40(8)52(67)53(38(5)6)75-49(66)36-47(64)50(39(7)13-2)61-55(51)69/h29-32,37-41,44-47,50-51,53,64H,12-28,33-36H2,1-11H3,(H,59,68)(H,60,65)(H,61,69)/t39-,40-,41-,44+,45-,46-,47+,50+,51-,53+/m0/s1. The molecule has 1 aromatic carbocycles. The van der Waals surface area contributed by atoms with Crippen LogP contribution in [0, 0.1) is 23.7 Å². The molecule has 0 spiro atoms. The minimum Gasteiger partial charge on any atom is -0.497 e. The van der Waals surface area contributed by atoms with Crippen LogP contribution < -0.4 is 20.7 Å². The van der Waals surface area contributed by atoms with Crippen LogP contribution >= 0.6 is 0 Å². The average molecular weight is 1050 g/mol. The number of carbonyl (C=O) groups is 8. The number of amides is 5. The van der Waals surface area contributed by atoms with E-state index in [0.717, 1.165) is 25.7 Å². The molecule has 424 valence electrons. The number of rotatable bonds is 23. The molecule has 1 aromatic rings. The molecular weight excluding hydrogens is 959 g/mol.